The number of ether oxygens (including phenoxy) is 1. The second-order valence-corrected chi connectivity index (χ2v) is 9.35. The van der Waals surface area contributed by atoms with Crippen molar-refractivity contribution < 1.29 is 17.9 Å². The molecule has 0 saturated heterocycles. The first kappa shape index (κ1) is 19.1. The maximum atomic E-state index is 12.4. The van der Waals surface area contributed by atoms with Crippen LogP contribution in [-0.4, -0.2) is 21.3 Å². The normalized spacial score (nSPS) is 11.5. The summed E-state index contributed by atoms with van der Waals surface area (Å²) in [5.74, 6) is 0.341. The van der Waals surface area contributed by atoms with E-state index >= 15 is 0 Å². The van der Waals surface area contributed by atoms with Gasteiger partial charge in [-0.05, 0) is 41.8 Å². The summed E-state index contributed by atoms with van der Waals surface area (Å²) in [6, 6.07) is 9.48. The van der Waals surface area contributed by atoms with Crippen molar-refractivity contribution in [2.75, 3.05) is 7.11 Å². The standard InChI is InChI=1S/C17H14ClNO4S3/c1-23-15-4-3-13(8-14(15)18)26(21,22)19-9-12-2-5-16(25-12)17(20)11-6-7-24-10-11/h2-8,10,19H,9H2,1H3. The highest BCUT2D eigenvalue weighted by molar-refractivity contribution is 7.89. The molecule has 1 N–H and O–H groups in total. The highest BCUT2D eigenvalue weighted by Crippen LogP contribution is 2.27. The molecule has 0 atom stereocenters. The summed E-state index contributed by atoms with van der Waals surface area (Å²) >= 11 is 8.71. The average Bonchev–Trinajstić information content (AvgIpc) is 3.31. The van der Waals surface area contributed by atoms with Crippen molar-refractivity contribution >= 4 is 50.1 Å². The van der Waals surface area contributed by atoms with Crippen LogP contribution in [0.15, 0.2) is 52.1 Å². The van der Waals surface area contributed by atoms with Crippen LogP contribution in [0.5, 0.6) is 5.75 Å². The number of methoxy groups -OCH3 is 1. The van der Waals surface area contributed by atoms with Crippen molar-refractivity contribution in [2.45, 2.75) is 11.4 Å². The van der Waals surface area contributed by atoms with Gasteiger partial charge >= 0.3 is 0 Å². The summed E-state index contributed by atoms with van der Waals surface area (Å²) in [4.78, 5) is 13.7. The first-order valence-electron chi connectivity index (χ1n) is 7.39. The zero-order valence-electron chi connectivity index (χ0n) is 13.6. The van der Waals surface area contributed by atoms with E-state index in [4.69, 9.17) is 16.3 Å². The molecule has 0 amide bonds. The maximum Gasteiger partial charge on any atom is 0.240 e. The zero-order valence-corrected chi connectivity index (χ0v) is 16.8. The Kier molecular flexibility index (Phi) is 5.79. The van der Waals surface area contributed by atoms with E-state index in [1.807, 2.05) is 5.38 Å². The van der Waals surface area contributed by atoms with E-state index in [0.29, 0.717) is 16.2 Å². The van der Waals surface area contributed by atoms with Gasteiger partial charge in [0.05, 0.1) is 21.9 Å². The molecular formula is C17H14ClNO4S3. The molecule has 2 aromatic heterocycles. The van der Waals surface area contributed by atoms with Gasteiger partial charge in [-0.15, -0.1) is 11.3 Å². The smallest absolute Gasteiger partial charge is 0.240 e. The fourth-order valence-electron chi connectivity index (χ4n) is 2.19. The molecule has 0 unspecified atom stereocenters. The van der Waals surface area contributed by atoms with Crippen molar-refractivity contribution in [2.24, 2.45) is 0 Å². The van der Waals surface area contributed by atoms with Crippen LogP contribution in [0, 0.1) is 0 Å². The number of hydrogen-bond donors (Lipinski definition) is 1. The molecule has 136 valence electrons. The van der Waals surface area contributed by atoms with Crippen LogP contribution in [0.2, 0.25) is 5.02 Å². The third-order valence-corrected chi connectivity index (χ3v) is 7.00. The summed E-state index contributed by atoms with van der Waals surface area (Å²) in [6.07, 6.45) is 0. The third kappa shape index (κ3) is 4.16. The molecule has 0 spiro atoms. The number of ketones is 1. The van der Waals surface area contributed by atoms with Gasteiger partial charge in [0.2, 0.25) is 15.8 Å². The first-order chi connectivity index (χ1) is 12.4. The molecule has 0 radical (unpaired) electrons. The second-order valence-electron chi connectivity index (χ2n) is 5.23. The fourth-order valence-corrected chi connectivity index (χ4v) is 5.19. The lowest BCUT2D eigenvalue weighted by Gasteiger charge is -2.08. The average molecular weight is 428 g/mol. The SMILES string of the molecule is COc1ccc(S(=O)(=O)NCc2ccc(C(=O)c3ccsc3)s2)cc1Cl. The minimum Gasteiger partial charge on any atom is -0.495 e. The van der Waals surface area contributed by atoms with Crippen LogP contribution < -0.4 is 9.46 Å². The number of halogens is 1. The number of nitrogens with one attached hydrogen (secondary N) is 1. The minimum atomic E-state index is -3.73. The molecule has 2 heterocycles. The molecule has 9 heteroatoms. The van der Waals surface area contributed by atoms with E-state index in [2.05, 4.69) is 4.72 Å². The Labute approximate surface area is 164 Å². The Morgan fingerprint density at radius 3 is 2.69 bits per heavy atom. The van der Waals surface area contributed by atoms with Gasteiger partial charge < -0.3 is 4.74 Å². The summed E-state index contributed by atoms with van der Waals surface area (Å²) in [6.45, 7) is 0.0908. The lowest BCUT2D eigenvalue weighted by molar-refractivity contribution is 0.104. The maximum absolute atomic E-state index is 12.4. The molecule has 0 aliphatic carbocycles. The molecule has 0 bridgehead atoms. The van der Waals surface area contributed by atoms with Crippen LogP contribution in [0.3, 0.4) is 0 Å². The number of carbonyl (C=O) groups excluding carboxylic acids is 1. The van der Waals surface area contributed by atoms with Crippen molar-refractivity contribution in [3.8, 4) is 5.75 Å². The van der Waals surface area contributed by atoms with Crippen LogP contribution in [-0.2, 0) is 16.6 Å². The quantitative estimate of drug-likeness (QED) is 0.574. The summed E-state index contributed by atoms with van der Waals surface area (Å²) in [5.41, 5.74) is 0.636. The van der Waals surface area contributed by atoms with Crippen LogP contribution >= 0.6 is 34.3 Å². The molecule has 5 nitrogen and oxygen atoms in total. The molecule has 0 aliphatic heterocycles. The molecular weight excluding hydrogens is 414 g/mol. The molecule has 26 heavy (non-hydrogen) atoms. The van der Waals surface area contributed by atoms with Gasteiger partial charge in [0.15, 0.2) is 0 Å². The topological polar surface area (TPSA) is 72.5 Å². The van der Waals surface area contributed by atoms with E-state index in [-0.39, 0.29) is 22.2 Å². The monoisotopic (exact) mass is 427 g/mol. The van der Waals surface area contributed by atoms with Crippen LogP contribution in [0.1, 0.15) is 20.1 Å². The highest BCUT2D eigenvalue weighted by atomic mass is 35.5. The highest BCUT2D eigenvalue weighted by Gasteiger charge is 2.17. The number of hydrogen-bond acceptors (Lipinski definition) is 6. The van der Waals surface area contributed by atoms with E-state index in [0.717, 1.165) is 4.88 Å². The van der Waals surface area contributed by atoms with Crippen molar-refractivity contribution in [1.82, 2.24) is 4.72 Å². The van der Waals surface area contributed by atoms with Gasteiger partial charge in [0.25, 0.3) is 0 Å². The van der Waals surface area contributed by atoms with E-state index in [1.54, 1.807) is 23.6 Å². The predicted octanol–water partition coefficient (Wildman–Crippen LogP) is 4.18. The number of sulfonamides is 1. The van der Waals surface area contributed by atoms with Crippen LogP contribution in [0.4, 0.5) is 0 Å². The third-order valence-electron chi connectivity index (χ3n) is 3.54. The Morgan fingerprint density at radius 2 is 2.04 bits per heavy atom. The molecule has 0 fully saturated rings. The molecule has 3 rings (SSSR count). The van der Waals surface area contributed by atoms with Crippen molar-refractivity contribution in [3.63, 3.8) is 0 Å². The Morgan fingerprint density at radius 1 is 1.23 bits per heavy atom. The lowest BCUT2D eigenvalue weighted by atomic mass is 10.2. The Balaban J connectivity index is 1.70. The Hall–Kier alpha value is -1.71. The largest absolute Gasteiger partial charge is 0.495 e. The van der Waals surface area contributed by atoms with Gasteiger partial charge in [0, 0.05) is 22.4 Å². The lowest BCUT2D eigenvalue weighted by Crippen LogP contribution is -2.22. The molecule has 1 aromatic carbocycles. The van der Waals surface area contributed by atoms with E-state index in [1.165, 1.54) is 48.0 Å². The number of benzene rings is 1. The second kappa shape index (κ2) is 7.89. The number of thiophene rings is 2. The number of rotatable bonds is 7. The first-order valence-corrected chi connectivity index (χ1v) is 11.0. The minimum absolute atomic E-state index is 0.0504. The van der Waals surface area contributed by atoms with Crippen molar-refractivity contribution in [1.29, 1.82) is 0 Å². The van der Waals surface area contributed by atoms with E-state index < -0.39 is 10.0 Å². The van der Waals surface area contributed by atoms with Gasteiger partial charge in [-0.1, -0.05) is 11.6 Å². The summed E-state index contributed by atoms with van der Waals surface area (Å²) in [7, 11) is -2.27. The molecule has 3 aromatic rings. The van der Waals surface area contributed by atoms with Crippen LogP contribution in [0.25, 0.3) is 0 Å². The predicted molar refractivity (Wildman–Crippen MR) is 104 cm³/mol. The summed E-state index contributed by atoms with van der Waals surface area (Å²) in [5, 5.41) is 3.85. The number of carbonyl (C=O) groups is 1. The Bertz CT molecular complexity index is 1030. The van der Waals surface area contributed by atoms with Crippen molar-refractivity contribution in [3.05, 3.63) is 67.5 Å². The van der Waals surface area contributed by atoms with Gasteiger partial charge in [-0.2, -0.15) is 11.3 Å². The zero-order chi connectivity index (χ0) is 18.7. The van der Waals surface area contributed by atoms with E-state index in [9.17, 15) is 13.2 Å². The van der Waals surface area contributed by atoms with Gasteiger partial charge in [-0.3, -0.25) is 4.79 Å². The van der Waals surface area contributed by atoms with Gasteiger partial charge in [-0.25, -0.2) is 13.1 Å². The molecule has 0 aliphatic rings. The fraction of sp³-hybridized carbons (Fsp3) is 0.118. The van der Waals surface area contributed by atoms with Gasteiger partial charge in [0.1, 0.15) is 5.75 Å². The molecule has 0 saturated carbocycles. The summed E-state index contributed by atoms with van der Waals surface area (Å²) < 4.78 is 32.4.